The molecule has 0 radical (unpaired) electrons. The fourth-order valence-corrected chi connectivity index (χ4v) is 3.55. The van der Waals surface area contributed by atoms with Crippen LogP contribution in [0.15, 0.2) is 41.4 Å². The molecule has 2 aromatic rings. The Kier molecular flexibility index (Phi) is 3.30. The smallest absolute Gasteiger partial charge is 0.196 e. The largest absolute Gasteiger partial charge is 0.503 e. The SMILES string of the molecule is Cc1cc(C)c([N+]2(c3ccccc3O)C=NCC2)c(C)c1. The van der Waals surface area contributed by atoms with Gasteiger partial charge in [0, 0.05) is 17.2 Å². The first-order chi connectivity index (χ1) is 10.0. The molecule has 0 bridgehead atoms. The third-order valence-corrected chi connectivity index (χ3v) is 4.21. The molecule has 1 aliphatic heterocycles. The molecule has 0 aromatic heterocycles. The van der Waals surface area contributed by atoms with Crippen LogP contribution in [-0.4, -0.2) is 24.5 Å². The van der Waals surface area contributed by atoms with Crippen molar-refractivity contribution < 1.29 is 5.11 Å². The van der Waals surface area contributed by atoms with Gasteiger partial charge < -0.3 is 5.11 Å². The van der Waals surface area contributed by atoms with E-state index in [1.54, 1.807) is 6.07 Å². The van der Waals surface area contributed by atoms with Crippen LogP contribution in [0.4, 0.5) is 11.4 Å². The van der Waals surface area contributed by atoms with Gasteiger partial charge in [0.1, 0.15) is 12.2 Å². The van der Waals surface area contributed by atoms with Gasteiger partial charge in [0.25, 0.3) is 0 Å². The van der Waals surface area contributed by atoms with E-state index in [0.29, 0.717) is 10.2 Å². The lowest BCUT2D eigenvalue weighted by atomic mass is 10.0. The number of benzene rings is 2. The first kappa shape index (κ1) is 13.8. The van der Waals surface area contributed by atoms with Gasteiger partial charge in [-0.1, -0.05) is 29.8 Å². The lowest BCUT2D eigenvalue weighted by Crippen LogP contribution is -2.42. The number of hydrogen-bond donors (Lipinski definition) is 1. The zero-order valence-corrected chi connectivity index (χ0v) is 12.8. The Hall–Kier alpha value is -2.13. The van der Waals surface area contributed by atoms with E-state index in [1.807, 2.05) is 24.5 Å². The Morgan fingerprint density at radius 2 is 1.71 bits per heavy atom. The lowest BCUT2D eigenvalue weighted by molar-refractivity contribution is 0.458. The van der Waals surface area contributed by atoms with Crippen LogP contribution in [0.1, 0.15) is 16.7 Å². The molecule has 3 rings (SSSR count). The van der Waals surface area contributed by atoms with Crippen LogP contribution in [0.5, 0.6) is 5.75 Å². The van der Waals surface area contributed by atoms with E-state index < -0.39 is 0 Å². The van der Waals surface area contributed by atoms with Crippen LogP contribution < -0.4 is 4.48 Å². The second-order valence-electron chi connectivity index (χ2n) is 5.85. The third-order valence-electron chi connectivity index (χ3n) is 4.21. The standard InChI is InChI=1S/C18H20N2O/c1-13-10-14(2)18(15(3)11-13)20(9-8-19-12-20)16-6-4-5-7-17(16)21/h4-7,10-12H,8-9H2,1-3H3/p+1. The van der Waals surface area contributed by atoms with Gasteiger partial charge in [-0.3, -0.25) is 0 Å². The number of aliphatic imine (C=N–C) groups is 1. The van der Waals surface area contributed by atoms with Gasteiger partial charge >= 0.3 is 0 Å². The highest BCUT2D eigenvalue weighted by molar-refractivity contribution is 5.89. The van der Waals surface area contributed by atoms with E-state index in [-0.39, 0.29) is 0 Å². The van der Waals surface area contributed by atoms with E-state index in [4.69, 9.17) is 0 Å². The minimum Gasteiger partial charge on any atom is -0.503 e. The maximum absolute atomic E-state index is 10.4. The Morgan fingerprint density at radius 1 is 1.05 bits per heavy atom. The molecule has 1 N–H and O–H groups in total. The predicted octanol–water partition coefficient (Wildman–Crippen LogP) is 4.00. The van der Waals surface area contributed by atoms with E-state index in [2.05, 4.69) is 37.9 Å². The molecule has 1 aliphatic rings. The molecule has 3 nitrogen and oxygen atoms in total. The van der Waals surface area contributed by atoms with E-state index in [0.717, 1.165) is 18.8 Å². The summed E-state index contributed by atoms with van der Waals surface area (Å²) in [7, 11) is 0. The van der Waals surface area contributed by atoms with Gasteiger partial charge in [-0.2, -0.15) is 0 Å². The van der Waals surface area contributed by atoms with Crippen molar-refractivity contribution in [2.75, 3.05) is 13.1 Å². The summed E-state index contributed by atoms with van der Waals surface area (Å²) in [6.07, 6.45) is 1.97. The van der Waals surface area contributed by atoms with Crippen molar-refractivity contribution in [3.8, 4) is 5.75 Å². The quantitative estimate of drug-likeness (QED) is 0.829. The molecule has 0 fully saturated rings. The maximum atomic E-state index is 10.4. The summed E-state index contributed by atoms with van der Waals surface area (Å²) in [5.74, 6) is 0.324. The molecule has 0 amide bonds. The van der Waals surface area contributed by atoms with Crippen LogP contribution >= 0.6 is 0 Å². The van der Waals surface area contributed by atoms with E-state index in [1.165, 1.54) is 22.4 Å². The number of quaternary nitrogens is 1. The Morgan fingerprint density at radius 3 is 2.29 bits per heavy atom. The number of aromatic hydroxyl groups is 1. The number of hydrogen-bond acceptors (Lipinski definition) is 2. The van der Waals surface area contributed by atoms with Crippen molar-refractivity contribution in [2.24, 2.45) is 4.99 Å². The van der Waals surface area contributed by atoms with Gasteiger partial charge in [-0.05, 0) is 26.8 Å². The highest BCUT2D eigenvalue weighted by atomic mass is 16.3. The fourth-order valence-electron chi connectivity index (χ4n) is 3.55. The minimum absolute atomic E-state index is 0.324. The van der Waals surface area contributed by atoms with Crippen molar-refractivity contribution in [3.63, 3.8) is 0 Å². The second-order valence-corrected chi connectivity index (χ2v) is 5.85. The van der Waals surface area contributed by atoms with Crippen LogP contribution in [0.3, 0.4) is 0 Å². The molecule has 1 atom stereocenters. The van der Waals surface area contributed by atoms with Gasteiger partial charge in [0.15, 0.2) is 17.8 Å². The first-order valence-electron chi connectivity index (χ1n) is 7.30. The second kappa shape index (κ2) is 5.01. The van der Waals surface area contributed by atoms with Crippen molar-refractivity contribution in [1.82, 2.24) is 4.48 Å². The fraction of sp³-hybridized carbons (Fsp3) is 0.278. The molecule has 108 valence electrons. The first-order valence-corrected chi connectivity index (χ1v) is 7.30. The molecular formula is C18H21N2O+. The summed E-state index contributed by atoms with van der Waals surface area (Å²) >= 11 is 0. The van der Waals surface area contributed by atoms with Crippen LogP contribution in [0, 0.1) is 20.8 Å². The van der Waals surface area contributed by atoms with Gasteiger partial charge in [0.2, 0.25) is 0 Å². The predicted molar refractivity (Wildman–Crippen MR) is 88.4 cm³/mol. The topological polar surface area (TPSA) is 32.6 Å². The average Bonchev–Trinajstić information content (AvgIpc) is 2.88. The number of rotatable bonds is 2. The minimum atomic E-state index is 0.324. The third kappa shape index (κ3) is 2.14. The molecule has 2 aromatic carbocycles. The number of aryl methyl sites for hydroxylation is 3. The van der Waals surface area contributed by atoms with Gasteiger partial charge in [0.05, 0.1) is 6.54 Å². The van der Waals surface area contributed by atoms with Crippen molar-refractivity contribution >= 4 is 17.7 Å². The number of phenols is 1. The Labute approximate surface area is 125 Å². The molecule has 0 saturated heterocycles. The highest BCUT2D eigenvalue weighted by Crippen LogP contribution is 2.43. The van der Waals surface area contributed by atoms with Gasteiger partial charge in [-0.25, -0.2) is 9.48 Å². The van der Waals surface area contributed by atoms with Crippen molar-refractivity contribution in [3.05, 3.63) is 53.1 Å². The normalized spacial score (nSPS) is 20.9. The number of para-hydroxylation sites is 2. The summed E-state index contributed by atoms with van der Waals surface area (Å²) in [5.41, 5.74) is 5.87. The molecule has 3 heteroatoms. The molecular weight excluding hydrogens is 260 g/mol. The highest BCUT2D eigenvalue weighted by Gasteiger charge is 2.39. The van der Waals surface area contributed by atoms with Crippen molar-refractivity contribution in [1.29, 1.82) is 0 Å². The zero-order chi connectivity index (χ0) is 15.0. The van der Waals surface area contributed by atoms with Crippen LogP contribution in [0.2, 0.25) is 0 Å². The van der Waals surface area contributed by atoms with E-state index in [9.17, 15) is 5.11 Å². The van der Waals surface area contributed by atoms with Crippen LogP contribution in [-0.2, 0) is 0 Å². The molecule has 0 saturated carbocycles. The Balaban J connectivity index is 2.30. The summed E-state index contributed by atoms with van der Waals surface area (Å²) in [5, 5.41) is 10.4. The molecule has 0 spiro atoms. The molecule has 1 heterocycles. The zero-order valence-electron chi connectivity index (χ0n) is 12.8. The molecule has 1 unspecified atom stereocenters. The average molecular weight is 281 g/mol. The molecule has 21 heavy (non-hydrogen) atoms. The maximum Gasteiger partial charge on any atom is 0.196 e. The Bertz CT molecular complexity index is 698. The van der Waals surface area contributed by atoms with Gasteiger partial charge in [-0.15, -0.1) is 0 Å². The number of nitrogens with zero attached hydrogens (tertiary/aromatic N) is 2. The monoisotopic (exact) mass is 281 g/mol. The summed E-state index contributed by atoms with van der Waals surface area (Å²) in [6.45, 7) is 8.03. The molecule has 0 aliphatic carbocycles. The van der Waals surface area contributed by atoms with Crippen LogP contribution in [0.25, 0.3) is 0 Å². The summed E-state index contributed by atoms with van der Waals surface area (Å²) in [4.78, 5) is 4.47. The summed E-state index contributed by atoms with van der Waals surface area (Å²) < 4.78 is 0.505. The van der Waals surface area contributed by atoms with E-state index >= 15 is 0 Å². The lowest BCUT2D eigenvalue weighted by Gasteiger charge is -2.32. The summed E-state index contributed by atoms with van der Waals surface area (Å²) in [6, 6.07) is 12.0. The van der Waals surface area contributed by atoms with Crippen molar-refractivity contribution in [2.45, 2.75) is 20.8 Å². The number of phenolic OH excluding ortho intramolecular Hbond substituents is 1.